The predicted octanol–water partition coefficient (Wildman–Crippen LogP) is 1.26. The molecule has 0 spiro atoms. The highest BCUT2D eigenvalue weighted by molar-refractivity contribution is 6.10. The summed E-state index contributed by atoms with van der Waals surface area (Å²) in [6.07, 6.45) is 2.29. The van der Waals surface area contributed by atoms with E-state index in [0.29, 0.717) is 17.9 Å². The van der Waals surface area contributed by atoms with Gasteiger partial charge in [0, 0.05) is 19.4 Å². The topological polar surface area (TPSA) is 90.5 Å². The van der Waals surface area contributed by atoms with Crippen LogP contribution < -0.4 is 20.9 Å². The molecular formula is C19H26N4O3. The Morgan fingerprint density at radius 1 is 1.19 bits per heavy atom. The van der Waals surface area contributed by atoms with E-state index in [1.165, 1.54) is 4.90 Å². The van der Waals surface area contributed by atoms with Crippen LogP contribution in [-0.4, -0.2) is 43.9 Å². The molecule has 0 unspecified atom stereocenters. The van der Waals surface area contributed by atoms with Gasteiger partial charge in [-0.3, -0.25) is 14.4 Å². The van der Waals surface area contributed by atoms with Crippen LogP contribution in [0.4, 0.5) is 11.4 Å². The van der Waals surface area contributed by atoms with Crippen molar-refractivity contribution in [3.63, 3.8) is 0 Å². The lowest BCUT2D eigenvalue weighted by Crippen LogP contribution is -2.44. The molecule has 140 valence electrons. The van der Waals surface area contributed by atoms with E-state index in [-0.39, 0.29) is 42.5 Å². The first kappa shape index (κ1) is 18.4. The Kier molecular flexibility index (Phi) is 5.56. The Balaban J connectivity index is 1.51. The molecule has 7 heteroatoms. The van der Waals surface area contributed by atoms with Crippen molar-refractivity contribution >= 4 is 29.1 Å². The molecule has 7 nitrogen and oxygen atoms in total. The third kappa shape index (κ3) is 4.40. The standard InChI is InChI=1S/C19H26N4O3/c1-19(8-10-20-11-9-19)13-21-16(24)6-7-18(26)23-12-17(25)22-14-4-2-3-5-15(14)23/h2-5,20H,6-13H2,1H3,(H,21,24)(H,22,25). The fourth-order valence-electron chi connectivity index (χ4n) is 3.42. The van der Waals surface area contributed by atoms with Crippen LogP contribution in [0.5, 0.6) is 0 Å². The number of amides is 3. The largest absolute Gasteiger partial charge is 0.356 e. The SMILES string of the molecule is CC1(CNC(=O)CCC(=O)N2CC(=O)Nc3ccccc32)CCNCC1. The molecule has 1 saturated heterocycles. The number of nitrogens with one attached hydrogen (secondary N) is 3. The fourth-order valence-corrected chi connectivity index (χ4v) is 3.42. The molecule has 1 aromatic rings. The Labute approximate surface area is 153 Å². The highest BCUT2D eigenvalue weighted by Gasteiger charge is 2.28. The molecule has 0 bridgehead atoms. The van der Waals surface area contributed by atoms with E-state index in [9.17, 15) is 14.4 Å². The Morgan fingerprint density at radius 3 is 2.69 bits per heavy atom. The van der Waals surface area contributed by atoms with Crippen LogP contribution in [0.25, 0.3) is 0 Å². The summed E-state index contributed by atoms with van der Waals surface area (Å²) in [5.74, 6) is -0.552. The van der Waals surface area contributed by atoms with Crippen LogP contribution in [0.3, 0.4) is 0 Å². The summed E-state index contributed by atoms with van der Waals surface area (Å²) >= 11 is 0. The zero-order valence-corrected chi connectivity index (χ0v) is 15.1. The molecule has 0 saturated carbocycles. The summed E-state index contributed by atoms with van der Waals surface area (Å²) < 4.78 is 0. The van der Waals surface area contributed by atoms with E-state index in [4.69, 9.17) is 0 Å². The summed E-state index contributed by atoms with van der Waals surface area (Å²) in [5.41, 5.74) is 1.43. The van der Waals surface area contributed by atoms with Crippen molar-refractivity contribution < 1.29 is 14.4 Å². The normalized spacial score (nSPS) is 18.7. The zero-order valence-electron chi connectivity index (χ0n) is 15.1. The molecule has 0 aromatic heterocycles. The van der Waals surface area contributed by atoms with Gasteiger partial charge in [0.2, 0.25) is 17.7 Å². The third-order valence-electron chi connectivity index (χ3n) is 5.16. The maximum absolute atomic E-state index is 12.5. The molecular weight excluding hydrogens is 332 g/mol. The van der Waals surface area contributed by atoms with E-state index in [2.05, 4.69) is 22.9 Å². The average molecular weight is 358 g/mol. The lowest BCUT2D eigenvalue weighted by Gasteiger charge is -2.34. The molecule has 1 fully saturated rings. The predicted molar refractivity (Wildman–Crippen MR) is 99.9 cm³/mol. The summed E-state index contributed by atoms with van der Waals surface area (Å²) in [6, 6.07) is 7.19. The summed E-state index contributed by atoms with van der Waals surface area (Å²) in [7, 11) is 0. The third-order valence-corrected chi connectivity index (χ3v) is 5.16. The molecule has 3 rings (SSSR count). The number of rotatable bonds is 5. The second-order valence-electron chi connectivity index (χ2n) is 7.38. The Bertz CT molecular complexity index is 698. The number of carbonyl (C=O) groups excluding carboxylic acids is 3. The molecule has 1 aromatic carbocycles. The Morgan fingerprint density at radius 2 is 1.92 bits per heavy atom. The highest BCUT2D eigenvalue weighted by atomic mass is 16.2. The van der Waals surface area contributed by atoms with Gasteiger partial charge in [-0.05, 0) is 43.5 Å². The number of piperidine rings is 1. The van der Waals surface area contributed by atoms with Gasteiger partial charge in [0.15, 0.2) is 0 Å². The molecule has 26 heavy (non-hydrogen) atoms. The van der Waals surface area contributed by atoms with Gasteiger partial charge < -0.3 is 20.9 Å². The van der Waals surface area contributed by atoms with Gasteiger partial charge >= 0.3 is 0 Å². The maximum Gasteiger partial charge on any atom is 0.244 e. The average Bonchev–Trinajstić information content (AvgIpc) is 2.64. The van der Waals surface area contributed by atoms with Crippen molar-refractivity contribution in [3.8, 4) is 0 Å². The van der Waals surface area contributed by atoms with E-state index in [1.807, 2.05) is 12.1 Å². The second-order valence-corrected chi connectivity index (χ2v) is 7.38. The Hall–Kier alpha value is -2.41. The van der Waals surface area contributed by atoms with Crippen LogP contribution in [0.1, 0.15) is 32.6 Å². The van der Waals surface area contributed by atoms with Crippen LogP contribution in [0, 0.1) is 5.41 Å². The van der Waals surface area contributed by atoms with Gasteiger partial charge in [-0.25, -0.2) is 0 Å². The summed E-state index contributed by atoms with van der Waals surface area (Å²) in [5, 5.41) is 9.04. The minimum Gasteiger partial charge on any atom is -0.356 e. The van der Waals surface area contributed by atoms with Gasteiger partial charge in [-0.15, -0.1) is 0 Å². The monoisotopic (exact) mass is 358 g/mol. The molecule has 0 aliphatic carbocycles. The van der Waals surface area contributed by atoms with Gasteiger partial charge in [0.05, 0.1) is 11.4 Å². The minimum absolute atomic E-state index is 0.0114. The van der Waals surface area contributed by atoms with E-state index in [1.54, 1.807) is 12.1 Å². The van der Waals surface area contributed by atoms with Crippen molar-refractivity contribution in [2.24, 2.45) is 5.41 Å². The van der Waals surface area contributed by atoms with Crippen molar-refractivity contribution in [2.75, 3.05) is 36.4 Å². The van der Waals surface area contributed by atoms with Crippen molar-refractivity contribution in [3.05, 3.63) is 24.3 Å². The molecule has 2 aliphatic heterocycles. The second kappa shape index (κ2) is 7.86. The van der Waals surface area contributed by atoms with Crippen LogP contribution >= 0.6 is 0 Å². The molecule has 3 amide bonds. The van der Waals surface area contributed by atoms with Crippen LogP contribution in [0.2, 0.25) is 0 Å². The first-order chi connectivity index (χ1) is 12.5. The van der Waals surface area contributed by atoms with Crippen molar-refractivity contribution in [1.82, 2.24) is 10.6 Å². The smallest absolute Gasteiger partial charge is 0.244 e. The lowest BCUT2D eigenvalue weighted by atomic mass is 9.81. The first-order valence-corrected chi connectivity index (χ1v) is 9.14. The van der Waals surface area contributed by atoms with E-state index < -0.39 is 0 Å². The maximum atomic E-state index is 12.5. The molecule has 2 aliphatic rings. The van der Waals surface area contributed by atoms with Gasteiger partial charge in [0.1, 0.15) is 6.54 Å². The van der Waals surface area contributed by atoms with E-state index >= 15 is 0 Å². The van der Waals surface area contributed by atoms with Crippen LogP contribution in [0.15, 0.2) is 24.3 Å². The first-order valence-electron chi connectivity index (χ1n) is 9.14. The quantitative estimate of drug-likeness (QED) is 0.739. The number of hydrogen-bond acceptors (Lipinski definition) is 4. The molecule has 3 N–H and O–H groups in total. The summed E-state index contributed by atoms with van der Waals surface area (Å²) in [4.78, 5) is 37.9. The zero-order chi connectivity index (χ0) is 18.6. The van der Waals surface area contributed by atoms with Crippen molar-refractivity contribution in [1.29, 1.82) is 0 Å². The molecule has 0 radical (unpaired) electrons. The van der Waals surface area contributed by atoms with Gasteiger partial charge in [-0.1, -0.05) is 19.1 Å². The lowest BCUT2D eigenvalue weighted by molar-refractivity contribution is -0.126. The fraction of sp³-hybridized carbons (Fsp3) is 0.526. The van der Waals surface area contributed by atoms with Crippen molar-refractivity contribution in [2.45, 2.75) is 32.6 Å². The highest BCUT2D eigenvalue weighted by Crippen LogP contribution is 2.29. The number of hydrogen-bond donors (Lipinski definition) is 3. The van der Waals surface area contributed by atoms with Crippen LogP contribution in [-0.2, 0) is 14.4 Å². The van der Waals surface area contributed by atoms with Gasteiger partial charge in [-0.2, -0.15) is 0 Å². The number of benzene rings is 1. The number of nitrogens with zero attached hydrogens (tertiary/aromatic N) is 1. The molecule has 0 atom stereocenters. The number of para-hydroxylation sites is 2. The number of carbonyl (C=O) groups is 3. The number of anilines is 2. The number of fused-ring (bicyclic) bond motifs is 1. The van der Waals surface area contributed by atoms with Gasteiger partial charge in [0.25, 0.3) is 0 Å². The van der Waals surface area contributed by atoms with E-state index in [0.717, 1.165) is 25.9 Å². The summed E-state index contributed by atoms with van der Waals surface area (Å²) in [6.45, 7) is 4.75. The minimum atomic E-state index is -0.222. The molecule has 2 heterocycles.